The molecule has 0 aliphatic heterocycles. The van der Waals surface area contributed by atoms with Crippen LogP contribution in [0.1, 0.15) is 29.7 Å². The summed E-state index contributed by atoms with van der Waals surface area (Å²) in [4.78, 5) is 15.9. The number of H-pyrrole nitrogens is 1. The maximum atomic E-state index is 12.6. The van der Waals surface area contributed by atoms with E-state index in [0.717, 1.165) is 27.6 Å². The number of carbonyl (C=O) groups excluding carboxylic acids is 1. The van der Waals surface area contributed by atoms with E-state index < -0.39 is 6.10 Å². The third-order valence-electron chi connectivity index (χ3n) is 5.17. The summed E-state index contributed by atoms with van der Waals surface area (Å²) in [6.45, 7) is 1.94. The lowest BCUT2D eigenvalue weighted by molar-refractivity contribution is -0.125. The van der Waals surface area contributed by atoms with Crippen molar-refractivity contribution in [1.82, 2.24) is 10.3 Å². The number of benzene rings is 2. The number of rotatable bonds is 4. The number of para-hydroxylation sites is 1. The number of hydrogen-bond acceptors (Lipinski definition) is 2. The molecular weight excluding hydrogens is 312 g/mol. The van der Waals surface area contributed by atoms with Gasteiger partial charge in [-0.3, -0.25) is 4.79 Å². The average Bonchev–Trinajstić information content (AvgIpc) is 3.17. The molecule has 128 valence electrons. The molecule has 3 atom stereocenters. The van der Waals surface area contributed by atoms with Crippen LogP contribution < -0.4 is 5.32 Å². The third-order valence-corrected chi connectivity index (χ3v) is 5.17. The minimum absolute atomic E-state index is 0.0119. The van der Waals surface area contributed by atoms with Crippen LogP contribution in [-0.4, -0.2) is 22.0 Å². The first-order valence-electron chi connectivity index (χ1n) is 8.74. The second-order valence-corrected chi connectivity index (χ2v) is 6.93. The summed E-state index contributed by atoms with van der Waals surface area (Å²) in [5.41, 5.74) is 4.28. The number of aliphatic hydroxyl groups excluding tert-OH is 1. The zero-order valence-electron chi connectivity index (χ0n) is 14.2. The van der Waals surface area contributed by atoms with Gasteiger partial charge in [-0.2, -0.15) is 0 Å². The van der Waals surface area contributed by atoms with Crippen LogP contribution >= 0.6 is 0 Å². The Morgan fingerprint density at radius 3 is 2.84 bits per heavy atom. The molecule has 1 heterocycles. The summed E-state index contributed by atoms with van der Waals surface area (Å²) in [6, 6.07) is 15.7. The Balaban J connectivity index is 1.43. The molecular formula is C21H22N2O2. The van der Waals surface area contributed by atoms with Crippen molar-refractivity contribution in [3.05, 3.63) is 71.4 Å². The Morgan fingerprint density at radius 1 is 1.24 bits per heavy atom. The number of carbonyl (C=O) groups is 1. The number of amides is 1. The van der Waals surface area contributed by atoms with E-state index in [1.165, 1.54) is 0 Å². The molecule has 3 unspecified atom stereocenters. The summed E-state index contributed by atoms with van der Waals surface area (Å²) in [6.07, 6.45) is 2.71. The van der Waals surface area contributed by atoms with Gasteiger partial charge in [-0.1, -0.05) is 49.4 Å². The fraction of sp³-hybridized carbons (Fsp3) is 0.286. The first-order chi connectivity index (χ1) is 12.1. The van der Waals surface area contributed by atoms with E-state index in [-0.39, 0.29) is 17.9 Å². The molecule has 0 saturated carbocycles. The Hall–Kier alpha value is -2.59. The van der Waals surface area contributed by atoms with Crippen LogP contribution in [0.15, 0.2) is 54.7 Å². The first kappa shape index (κ1) is 15.9. The largest absolute Gasteiger partial charge is 0.386 e. The third kappa shape index (κ3) is 2.94. The van der Waals surface area contributed by atoms with Crippen molar-refractivity contribution >= 4 is 16.8 Å². The molecule has 4 rings (SSSR count). The van der Waals surface area contributed by atoms with Gasteiger partial charge in [-0.25, -0.2) is 0 Å². The lowest BCUT2D eigenvalue weighted by atomic mass is 9.99. The molecule has 2 aromatic carbocycles. The van der Waals surface area contributed by atoms with E-state index in [2.05, 4.69) is 16.4 Å². The molecule has 0 fully saturated rings. The van der Waals surface area contributed by atoms with Crippen LogP contribution in [0, 0.1) is 5.92 Å². The molecule has 0 saturated heterocycles. The Bertz CT molecular complexity index is 915. The van der Waals surface area contributed by atoms with Crippen molar-refractivity contribution in [1.29, 1.82) is 0 Å². The molecule has 1 aliphatic rings. The number of aromatic nitrogens is 1. The first-order valence-corrected chi connectivity index (χ1v) is 8.74. The standard InChI is InChI=1S/C21H22N2O2/c1-13(10-15-12-22-18-9-5-4-7-16(15)18)21(25)23-19-11-14-6-2-3-8-17(14)20(19)24/h2-9,12-13,19-20,22,24H,10-11H2,1H3,(H,23,25). The Kier molecular flexibility index (Phi) is 4.06. The normalized spacial score (nSPS) is 20.4. The molecule has 25 heavy (non-hydrogen) atoms. The van der Waals surface area contributed by atoms with Crippen molar-refractivity contribution in [3.63, 3.8) is 0 Å². The maximum Gasteiger partial charge on any atom is 0.223 e. The molecule has 0 radical (unpaired) electrons. The highest BCUT2D eigenvalue weighted by Crippen LogP contribution is 2.31. The minimum Gasteiger partial charge on any atom is -0.386 e. The molecule has 3 N–H and O–H groups in total. The van der Waals surface area contributed by atoms with Gasteiger partial charge in [0.25, 0.3) is 0 Å². The molecule has 1 amide bonds. The van der Waals surface area contributed by atoms with Gasteiger partial charge in [-0.05, 0) is 35.6 Å². The number of aromatic amines is 1. The van der Waals surface area contributed by atoms with E-state index in [1.54, 1.807) is 0 Å². The monoisotopic (exact) mass is 334 g/mol. The summed E-state index contributed by atoms with van der Waals surface area (Å²) in [7, 11) is 0. The quantitative estimate of drug-likeness (QED) is 0.686. The number of hydrogen-bond donors (Lipinski definition) is 3. The smallest absolute Gasteiger partial charge is 0.223 e. The van der Waals surface area contributed by atoms with Crippen LogP contribution in [0.5, 0.6) is 0 Å². The van der Waals surface area contributed by atoms with Gasteiger partial charge in [-0.15, -0.1) is 0 Å². The molecule has 4 nitrogen and oxygen atoms in total. The summed E-state index contributed by atoms with van der Waals surface area (Å²) in [5, 5.41) is 14.6. The zero-order chi connectivity index (χ0) is 17.4. The summed E-state index contributed by atoms with van der Waals surface area (Å²) >= 11 is 0. The van der Waals surface area contributed by atoms with Crippen LogP contribution in [0.25, 0.3) is 10.9 Å². The van der Waals surface area contributed by atoms with Gasteiger partial charge in [0.15, 0.2) is 0 Å². The molecule has 4 heteroatoms. The summed E-state index contributed by atoms with van der Waals surface area (Å²) < 4.78 is 0. The maximum absolute atomic E-state index is 12.6. The van der Waals surface area contributed by atoms with Crippen LogP contribution in [0.2, 0.25) is 0 Å². The number of fused-ring (bicyclic) bond motifs is 2. The second kappa shape index (κ2) is 6.37. The van der Waals surface area contributed by atoms with Gasteiger partial charge >= 0.3 is 0 Å². The molecule has 1 aromatic heterocycles. The number of nitrogens with one attached hydrogen (secondary N) is 2. The van der Waals surface area contributed by atoms with Gasteiger partial charge < -0.3 is 15.4 Å². The van der Waals surface area contributed by atoms with Gasteiger partial charge in [0.1, 0.15) is 0 Å². The fourth-order valence-corrected chi connectivity index (χ4v) is 3.75. The number of aliphatic hydroxyl groups is 1. The van der Waals surface area contributed by atoms with E-state index in [0.29, 0.717) is 12.8 Å². The molecule has 3 aromatic rings. The molecule has 0 spiro atoms. The lowest BCUT2D eigenvalue weighted by Crippen LogP contribution is -2.41. The Labute approximate surface area is 146 Å². The fourth-order valence-electron chi connectivity index (χ4n) is 3.75. The van der Waals surface area contributed by atoms with Crippen molar-refractivity contribution in [2.75, 3.05) is 0 Å². The van der Waals surface area contributed by atoms with Gasteiger partial charge in [0.2, 0.25) is 5.91 Å². The molecule has 0 bridgehead atoms. The minimum atomic E-state index is -0.625. The van der Waals surface area contributed by atoms with Crippen LogP contribution in [0.3, 0.4) is 0 Å². The lowest BCUT2D eigenvalue weighted by Gasteiger charge is -2.20. The van der Waals surface area contributed by atoms with E-state index in [9.17, 15) is 9.90 Å². The van der Waals surface area contributed by atoms with Crippen molar-refractivity contribution in [3.8, 4) is 0 Å². The van der Waals surface area contributed by atoms with E-state index in [1.807, 2.05) is 55.6 Å². The van der Waals surface area contributed by atoms with Crippen LogP contribution in [-0.2, 0) is 17.6 Å². The van der Waals surface area contributed by atoms with Crippen molar-refractivity contribution in [2.45, 2.75) is 31.9 Å². The predicted octanol–water partition coefficient (Wildman–Crippen LogP) is 3.12. The van der Waals surface area contributed by atoms with Crippen molar-refractivity contribution in [2.24, 2.45) is 5.92 Å². The van der Waals surface area contributed by atoms with Crippen LogP contribution in [0.4, 0.5) is 0 Å². The van der Waals surface area contributed by atoms with Gasteiger partial charge in [0, 0.05) is 23.0 Å². The van der Waals surface area contributed by atoms with Crippen molar-refractivity contribution < 1.29 is 9.90 Å². The summed E-state index contributed by atoms with van der Waals surface area (Å²) in [5.74, 6) is -0.169. The highest BCUT2D eigenvalue weighted by Gasteiger charge is 2.32. The Morgan fingerprint density at radius 2 is 2.00 bits per heavy atom. The predicted molar refractivity (Wildman–Crippen MR) is 98.2 cm³/mol. The zero-order valence-corrected chi connectivity index (χ0v) is 14.2. The van der Waals surface area contributed by atoms with E-state index in [4.69, 9.17) is 0 Å². The SMILES string of the molecule is CC(Cc1c[nH]c2ccccc12)C(=O)NC1Cc2ccccc2C1O. The van der Waals surface area contributed by atoms with E-state index >= 15 is 0 Å². The highest BCUT2D eigenvalue weighted by molar-refractivity contribution is 5.85. The van der Waals surface area contributed by atoms with Gasteiger partial charge in [0.05, 0.1) is 12.1 Å². The molecule has 1 aliphatic carbocycles. The second-order valence-electron chi connectivity index (χ2n) is 6.93. The average molecular weight is 334 g/mol. The highest BCUT2D eigenvalue weighted by atomic mass is 16.3. The topological polar surface area (TPSA) is 65.1 Å².